The van der Waals surface area contributed by atoms with Gasteiger partial charge in [0.1, 0.15) is 6.61 Å². The van der Waals surface area contributed by atoms with Crippen LogP contribution < -0.4 is 10.2 Å². The van der Waals surface area contributed by atoms with E-state index in [1.54, 1.807) is 31.3 Å². The van der Waals surface area contributed by atoms with Gasteiger partial charge in [0.2, 0.25) is 11.8 Å². The summed E-state index contributed by atoms with van der Waals surface area (Å²) >= 11 is 0. The highest BCUT2D eigenvalue weighted by molar-refractivity contribution is 6.01. The molecule has 1 heterocycles. The summed E-state index contributed by atoms with van der Waals surface area (Å²) in [6.45, 7) is 3.80. The molecule has 0 atom stereocenters. The first-order valence-electron chi connectivity index (χ1n) is 7.14. The van der Waals surface area contributed by atoms with Gasteiger partial charge in [-0.1, -0.05) is 11.7 Å². The molecule has 2 rings (SSSR count). The highest BCUT2D eigenvalue weighted by Crippen LogP contribution is 2.14. The van der Waals surface area contributed by atoms with Crippen molar-refractivity contribution in [3.05, 3.63) is 54.2 Å². The van der Waals surface area contributed by atoms with Crippen LogP contribution in [0.25, 0.3) is 0 Å². The summed E-state index contributed by atoms with van der Waals surface area (Å²) in [5, 5.41) is 6.38. The average molecular weight is 330 g/mol. The van der Waals surface area contributed by atoms with Gasteiger partial charge in [0.25, 0.3) is 5.91 Å². The molecule has 8 nitrogen and oxygen atoms in total. The Morgan fingerprint density at radius 2 is 2.08 bits per heavy atom. The Hall–Kier alpha value is -3.00. The molecule has 0 aliphatic carbocycles. The normalized spacial score (nSPS) is 10.2. The lowest BCUT2D eigenvalue weighted by Crippen LogP contribution is -2.25. The van der Waals surface area contributed by atoms with E-state index >= 15 is 0 Å². The van der Waals surface area contributed by atoms with E-state index in [9.17, 15) is 9.59 Å². The SMILES string of the molecule is C=CC(=O)N(C)c1ccc(C(=O)NCc2nc(COC)no2)cc1. The quantitative estimate of drug-likeness (QED) is 0.768. The van der Waals surface area contributed by atoms with Crippen LogP contribution in [0.5, 0.6) is 0 Å². The third kappa shape index (κ3) is 4.26. The van der Waals surface area contributed by atoms with E-state index in [-0.39, 0.29) is 25.0 Å². The van der Waals surface area contributed by atoms with Crippen LogP contribution in [0.2, 0.25) is 0 Å². The molecular formula is C16H18N4O4. The molecule has 1 aromatic heterocycles. The highest BCUT2D eigenvalue weighted by atomic mass is 16.5. The Bertz CT molecular complexity index is 724. The summed E-state index contributed by atoms with van der Waals surface area (Å²) in [4.78, 5) is 29.1. The summed E-state index contributed by atoms with van der Waals surface area (Å²) in [6.07, 6.45) is 1.23. The second-order valence-corrected chi connectivity index (χ2v) is 4.87. The third-order valence-corrected chi connectivity index (χ3v) is 3.21. The van der Waals surface area contributed by atoms with Crippen molar-refractivity contribution in [2.45, 2.75) is 13.2 Å². The average Bonchev–Trinajstić information content (AvgIpc) is 3.06. The molecule has 0 unspecified atom stereocenters. The predicted molar refractivity (Wildman–Crippen MR) is 86.2 cm³/mol. The lowest BCUT2D eigenvalue weighted by molar-refractivity contribution is -0.113. The number of aromatic nitrogens is 2. The van der Waals surface area contributed by atoms with Crippen LogP contribution in [0.3, 0.4) is 0 Å². The van der Waals surface area contributed by atoms with E-state index in [1.165, 1.54) is 18.1 Å². The Kier molecular flexibility index (Phi) is 5.80. The lowest BCUT2D eigenvalue weighted by atomic mass is 10.2. The molecule has 24 heavy (non-hydrogen) atoms. The van der Waals surface area contributed by atoms with Gasteiger partial charge >= 0.3 is 0 Å². The third-order valence-electron chi connectivity index (χ3n) is 3.21. The van der Waals surface area contributed by atoms with Gasteiger partial charge in [0, 0.05) is 25.4 Å². The number of hydrogen-bond donors (Lipinski definition) is 1. The van der Waals surface area contributed by atoms with E-state index in [4.69, 9.17) is 9.26 Å². The Morgan fingerprint density at radius 1 is 1.38 bits per heavy atom. The number of amides is 2. The van der Waals surface area contributed by atoms with Crippen LogP contribution in [-0.4, -0.2) is 36.1 Å². The van der Waals surface area contributed by atoms with Crippen molar-refractivity contribution in [3.8, 4) is 0 Å². The number of hydrogen-bond acceptors (Lipinski definition) is 6. The molecule has 2 aromatic rings. The fourth-order valence-corrected chi connectivity index (χ4v) is 1.91. The molecule has 126 valence electrons. The van der Waals surface area contributed by atoms with E-state index in [0.717, 1.165) is 0 Å². The van der Waals surface area contributed by atoms with E-state index in [2.05, 4.69) is 22.0 Å². The summed E-state index contributed by atoms with van der Waals surface area (Å²) in [6, 6.07) is 6.61. The number of carbonyl (C=O) groups is 2. The molecule has 0 radical (unpaired) electrons. The first-order chi connectivity index (χ1) is 11.5. The Balaban J connectivity index is 1.94. The molecule has 0 spiro atoms. The number of nitrogens with zero attached hydrogens (tertiary/aromatic N) is 3. The molecule has 0 saturated carbocycles. The van der Waals surface area contributed by atoms with Crippen molar-refractivity contribution in [1.82, 2.24) is 15.5 Å². The predicted octanol–water partition coefficient (Wildman–Crippen LogP) is 1.29. The number of benzene rings is 1. The number of ether oxygens (including phenoxy) is 1. The van der Waals surface area contributed by atoms with Crippen LogP contribution in [0.4, 0.5) is 5.69 Å². The highest BCUT2D eigenvalue weighted by Gasteiger charge is 2.11. The van der Waals surface area contributed by atoms with Gasteiger partial charge in [-0.15, -0.1) is 0 Å². The molecule has 8 heteroatoms. The molecule has 0 fully saturated rings. The molecule has 0 saturated heterocycles. The standard InChI is InChI=1S/C16H18N4O4/c1-4-15(21)20(2)12-7-5-11(6-8-12)16(22)17-9-14-18-13(10-23-3)19-24-14/h4-8H,1,9-10H2,2-3H3,(H,17,22). The minimum atomic E-state index is -0.286. The zero-order valence-corrected chi connectivity index (χ0v) is 13.5. The van der Waals surface area contributed by atoms with Crippen molar-refractivity contribution in [2.24, 2.45) is 0 Å². The van der Waals surface area contributed by atoms with Gasteiger partial charge in [-0.3, -0.25) is 9.59 Å². The van der Waals surface area contributed by atoms with Gasteiger partial charge < -0.3 is 19.5 Å². The largest absolute Gasteiger partial charge is 0.377 e. The lowest BCUT2D eigenvalue weighted by Gasteiger charge is -2.15. The van der Waals surface area contributed by atoms with Gasteiger partial charge in [-0.25, -0.2) is 0 Å². The number of carbonyl (C=O) groups excluding carboxylic acids is 2. The smallest absolute Gasteiger partial charge is 0.251 e. The summed E-state index contributed by atoms with van der Waals surface area (Å²) in [7, 11) is 3.16. The fourth-order valence-electron chi connectivity index (χ4n) is 1.91. The number of rotatable bonds is 7. The molecule has 1 aromatic carbocycles. The number of methoxy groups -OCH3 is 1. The first kappa shape index (κ1) is 17.4. The zero-order chi connectivity index (χ0) is 17.5. The van der Waals surface area contributed by atoms with E-state index in [0.29, 0.717) is 23.0 Å². The monoisotopic (exact) mass is 330 g/mol. The molecular weight excluding hydrogens is 312 g/mol. The number of nitrogens with one attached hydrogen (secondary N) is 1. The van der Waals surface area contributed by atoms with Gasteiger partial charge in [0.15, 0.2) is 5.82 Å². The van der Waals surface area contributed by atoms with Crippen molar-refractivity contribution >= 4 is 17.5 Å². The Morgan fingerprint density at radius 3 is 2.71 bits per heavy atom. The molecule has 1 N–H and O–H groups in total. The van der Waals surface area contributed by atoms with Crippen molar-refractivity contribution in [1.29, 1.82) is 0 Å². The molecule has 0 bridgehead atoms. The number of likely N-dealkylation sites (N-methyl/N-ethyl adjacent to an activating group) is 1. The zero-order valence-electron chi connectivity index (χ0n) is 13.5. The van der Waals surface area contributed by atoms with Crippen LogP contribution in [-0.2, 0) is 22.7 Å². The summed E-state index contributed by atoms with van der Waals surface area (Å²) in [5.41, 5.74) is 1.12. The van der Waals surface area contributed by atoms with Crippen molar-refractivity contribution in [3.63, 3.8) is 0 Å². The maximum absolute atomic E-state index is 12.1. The maximum Gasteiger partial charge on any atom is 0.251 e. The van der Waals surface area contributed by atoms with Crippen molar-refractivity contribution < 1.29 is 18.8 Å². The first-order valence-corrected chi connectivity index (χ1v) is 7.14. The Labute approximate surface area is 139 Å². The summed E-state index contributed by atoms with van der Waals surface area (Å²) < 4.78 is 9.87. The minimum Gasteiger partial charge on any atom is -0.377 e. The summed E-state index contributed by atoms with van der Waals surface area (Å²) in [5.74, 6) is 0.200. The maximum atomic E-state index is 12.1. The van der Waals surface area contributed by atoms with E-state index < -0.39 is 0 Å². The van der Waals surface area contributed by atoms with Crippen LogP contribution in [0, 0.1) is 0 Å². The van der Waals surface area contributed by atoms with Crippen LogP contribution in [0.1, 0.15) is 22.1 Å². The van der Waals surface area contributed by atoms with Gasteiger partial charge in [-0.2, -0.15) is 4.98 Å². The number of anilines is 1. The minimum absolute atomic E-state index is 0.117. The van der Waals surface area contributed by atoms with Gasteiger partial charge in [0.05, 0.1) is 6.54 Å². The van der Waals surface area contributed by atoms with Crippen molar-refractivity contribution in [2.75, 3.05) is 19.1 Å². The van der Waals surface area contributed by atoms with Gasteiger partial charge in [-0.05, 0) is 30.3 Å². The van der Waals surface area contributed by atoms with Crippen LogP contribution in [0.15, 0.2) is 41.4 Å². The molecule has 0 aliphatic heterocycles. The fraction of sp³-hybridized carbons (Fsp3) is 0.250. The molecule has 2 amide bonds. The van der Waals surface area contributed by atoms with E-state index in [1.807, 2.05) is 0 Å². The second kappa shape index (κ2) is 8.02. The van der Waals surface area contributed by atoms with Crippen LogP contribution >= 0.6 is 0 Å². The topological polar surface area (TPSA) is 97.6 Å². The molecule has 0 aliphatic rings. The second-order valence-electron chi connectivity index (χ2n) is 4.87.